The van der Waals surface area contributed by atoms with Crippen molar-refractivity contribution >= 4 is 23.2 Å². The van der Waals surface area contributed by atoms with Gasteiger partial charge in [0.25, 0.3) is 0 Å². The Morgan fingerprint density at radius 2 is 2.19 bits per heavy atom. The van der Waals surface area contributed by atoms with Crippen molar-refractivity contribution in [2.45, 2.75) is 32.5 Å². The van der Waals surface area contributed by atoms with Crippen LogP contribution in [0.3, 0.4) is 0 Å². The summed E-state index contributed by atoms with van der Waals surface area (Å²) < 4.78 is 0. The number of pyridine rings is 1. The molecule has 0 bridgehead atoms. The fourth-order valence-corrected chi connectivity index (χ4v) is 3.88. The number of amides is 2. The molecule has 1 saturated heterocycles. The molecule has 1 fully saturated rings. The number of carbonyl (C=O) groups excluding carboxylic acids is 2. The average molecular weight is 372 g/mol. The van der Waals surface area contributed by atoms with E-state index in [9.17, 15) is 9.59 Å². The smallest absolute Gasteiger partial charge is 0.237 e. The molecule has 1 atom stereocenters. The highest BCUT2D eigenvalue weighted by Gasteiger charge is 2.32. The van der Waals surface area contributed by atoms with Crippen molar-refractivity contribution in [2.75, 3.05) is 19.6 Å². The lowest BCUT2D eigenvalue weighted by Crippen LogP contribution is -2.56. The number of thiophene rings is 1. The molecular formula is C19H24N4O2S. The van der Waals surface area contributed by atoms with Crippen LogP contribution in [0.25, 0.3) is 0 Å². The number of rotatable bonds is 7. The van der Waals surface area contributed by atoms with Gasteiger partial charge in [-0.1, -0.05) is 6.07 Å². The normalized spacial score (nSPS) is 17.7. The Hall–Kier alpha value is -2.25. The second kappa shape index (κ2) is 8.91. The van der Waals surface area contributed by atoms with Crippen molar-refractivity contribution in [3.63, 3.8) is 0 Å². The predicted molar refractivity (Wildman–Crippen MR) is 101 cm³/mol. The molecule has 1 aliphatic heterocycles. The summed E-state index contributed by atoms with van der Waals surface area (Å²) >= 11 is 1.68. The Bertz CT molecular complexity index is 720. The van der Waals surface area contributed by atoms with Gasteiger partial charge in [-0.05, 0) is 36.1 Å². The minimum absolute atomic E-state index is 0.00235. The first-order valence-corrected chi connectivity index (χ1v) is 9.76. The second-order valence-electron chi connectivity index (χ2n) is 6.32. The molecule has 3 rings (SSSR count). The van der Waals surface area contributed by atoms with E-state index in [1.807, 2.05) is 30.5 Å². The van der Waals surface area contributed by atoms with Gasteiger partial charge in [-0.15, -0.1) is 11.3 Å². The van der Waals surface area contributed by atoms with E-state index >= 15 is 0 Å². The topological polar surface area (TPSA) is 65.5 Å². The molecule has 0 saturated carbocycles. The van der Waals surface area contributed by atoms with Gasteiger partial charge in [0.05, 0.1) is 12.5 Å². The van der Waals surface area contributed by atoms with Gasteiger partial charge in [-0.2, -0.15) is 0 Å². The van der Waals surface area contributed by atoms with Crippen LogP contribution in [0.5, 0.6) is 0 Å². The molecule has 2 aromatic rings. The van der Waals surface area contributed by atoms with Crippen molar-refractivity contribution in [3.05, 3.63) is 52.5 Å². The van der Waals surface area contributed by atoms with Crippen LogP contribution >= 0.6 is 11.3 Å². The van der Waals surface area contributed by atoms with Crippen molar-refractivity contribution in [3.8, 4) is 0 Å². The molecule has 0 spiro atoms. The fourth-order valence-electron chi connectivity index (χ4n) is 3.16. The summed E-state index contributed by atoms with van der Waals surface area (Å²) in [6.45, 7) is 5.21. The van der Waals surface area contributed by atoms with Crippen LogP contribution in [0.15, 0.2) is 42.0 Å². The zero-order valence-corrected chi connectivity index (χ0v) is 15.7. The largest absolute Gasteiger partial charge is 0.353 e. The third-order valence-corrected chi connectivity index (χ3v) is 5.47. The summed E-state index contributed by atoms with van der Waals surface area (Å²) in [5, 5.41) is 4.93. The number of aromatic nitrogens is 1. The fraction of sp³-hybridized carbons (Fsp3) is 0.421. The molecule has 7 heteroatoms. The predicted octanol–water partition coefficient (Wildman–Crippen LogP) is 1.88. The zero-order chi connectivity index (χ0) is 18.4. The van der Waals surface area contributed by atoms with Gasteiger partial charge in [0.15, 0.2) is 0 Å². The third-order valence-electron chi connectivity index (χ3n) is 4.61. The summed E-state index contributed by atoms with van der Waals surface area (Å²) in [5.41, 5.74) is 1.04. The highest BCUT2D eigenvalue weighted by atomic mass is 32.1. The van der Waals surface area contributed by atoms with Gasteiger partial charge in [0.1, 0.15) is 0 Å². The summed E-state index contributed by atoms with van der Waals surface area (Å²) in [6, 6.07) is 7.48. The molecule has 1 N–H and O–H groups in total. The maximum Gasteiger partial charge on any atom is 0.237 e. The van der Waals surface area contributed by atoms with Gasteiger partial charge in [-0.25, -0.2) is 0 Å². The molecular weight excluding hydrogens is 348 g/mol. The van der Waals surface area contributed by atoms with Crippen molar-refractivity contribution in [2.24, 2.45) is 0 Å². The molecule has 0 unspecified atom stereocenters. The Kier molecular flexibility index (Phi) is 6.35. The molecule has 2 amide bonds. The molecule has 1 aliphatic rings. The second-order valence-corrected chi connectivity index (χ2v) is 7.36. The van der Waals surface area contributed by atoms with Gasteiger partial charge in [0.2, 0.25) is 11.8 Å². The van der Waals surface area contributed by atoms with Crippen LogP contribution in [-0.4, -0.2) is 52.3 Å². The first-order valence-electron chi connectivity index (χ1n) is 8.88. The van der Waals surface area contributed by atoms with E-state index in [1.54, 1.807) is 28.6 Å². The number of piperazine rings is 1. The SMILES string of the molecule is CCN(Cc1ccncc1)C(=O)C[C@H]1C(=O)NCCN1Cc1cccs1. The zero-order valence-electron chi connectivity index (χ0n) is 14.9. The van der Waals surface area contributed by atoms with Crippen LogP contribution in [0.2, 0.25) is 0 Å². The number of nitrogens with zero attached hydrogens (tertiary/aromatic N) is 3. The van der Waals surface area contributed by atoms with Gasteiger partial charge in [-0.3, -0.25) is 19.5 Å². The maximum absolute atomic E-state index is 12.8. The van der Waals surface area contributed by atoms with E-state index < -0.39 is 6.04 Å². The summed E-state index contributed by atoms with van der Waals surface area (Å²) in [4.78, 5) is 34.4. The molecule has 0 aliphatic carbocycles. The minimum atomic E-state index is -0.412. The number of hydrogen-bond acceptors (Lipinski definition) is 5. The average Bonchev–Trinajstić information content (AvgIpc) is 3.16. The highest BCUT2D eigenvalue weighted by Crippen LogP contribution is 2.18. The first-order chi connectivity index (χ1) is 12.7. The Labute approximate surface area is 157 Å². The quantitative estimate of drug-likeness (QED) is 0.806. The van der Waals surface area contributed by atoms with E-state index in [1.165, 1.54) is 4.88 Å². The van der Waals surface area contributed by atoms with E-state index in [0.717, 1.165) is 12.1 Å². The Balaban J connectivity index is 1.66. The lowest BCUT2D eigenvalue weighted by atomic mass is 10.1. The summed E-state index contributed by atoms with van der Waals surface area (Å²) in [6.07, 6.45) is 3.66. The monoisotopic (exact) mass is 372 g/mol. The summed E-state index contributed by atoms with van der Waals surface area (Å²) in [5.74, 6) is -0.0522. The van der Waals surface area contributed by atoms with E-state index in [-0.39, 0.29) is 18.2 Å². The molecule has 0 radical (unpaired) electrons. The first kappa shape index (κ1) is 18.5. The lowest BCUT2D eigenvalue weighted by Gasteiger charge is -2.35. The molecule has 26 heavy (non-hydrogen) atoms. The Morgan fingerprint density at radius 3 is 2.88 bits per heavy atom. The lowest BCUT2D eigenvalue weighted by molar-refractivity contribution is -0.139. The van der Waals surface area contributed by atoms with Gasteiger partial charge < -0.3 is 10.2 Å². The van der Waals surface area contributed by atoms with Crippen molar-refractivity contribution in [1.82, 2.24) is 20.1 Å². The van der Waals surface area contributed by atoms with Crippen LogP contribution in [-0.2, 0) is 22.7 Å². The van der Waals surface area contributed by atoms with Crippen LogP contribution in [0, 0.1) is 0 Å². The minimum Gasteiger partial charge on any atom is -0.353 e. The van der Waals surface area contributed by atoms with Crippen LogP contribution in [0.4, 0.5) is 0 Å². The van der Waals surface area contributed by atoms with Crippen LogP contribution in [0.1, 0.15) is 23.8 Å². The summed E-state index contributed by atoms with van der Waals surface area (Å²) in [7, 11) is 0. The third kappa shape index (κ3) is 4.68. The van der Waals surface area contributed by atoms with E-state index in [2.05, 4.69) is 21.3 Å². The van der Waals surface area contributed by atoms with Gasteiger partial charge in [0, 0.05) is 50.0 Å². The number of hydrogen-bond donors (Lipinski definition) is 1. The van der Waals surface area contributed by atoms with Crippen molar-refractivity contribution in [1.29, 1.82) is 0 Å². The van der Waals surface area contributed by atoms with Crippen molar-refractivity contribution < 1.29 is 9.59 Å². The van der Waals surface area contributed by atoms with Gasteiger partial charge >= 0.3 is 0 Å². The van der Waals surface area contributed by atoms with E-state index in [4.69, 9.17) is 0 Å². The Morgan fingerprint density at radius 1 is 1.38 bits per heavy atom. The van der Waals surface area contributed by atoms with Crippen LogP contribution < -0.4 is 5.32 Å². The number of nitrogens with one attached hydrogen (secondary N) is 1. The molecule has 6 nitrogen and oxygen atoms in total. The number of carbonyl (C=O) groups is 2. The molecule has 2 aromatic heterocycles. The highest BCUT2D eigenvalue weighted by molar-refractivity contribution is 7.09. The molecule has 138 valence electrons. The van der Waals surface area contributed by atoms with E-state index in [0.29, 0.717) is 26.2 Å². The molecule has 0 aromatic carbocycles. The standard InChI is InChI=1S/C19H24N4O2S/c1-2-22(13-15-5-7-20-8-6-15)18(24)12-17-19(25)21-9-10-23(17)14-16-4-3-11-26-16/h3-8,11,17H,2,9-10,12-14H2,1H3,(H,21,25)/t17-/m0/s1. The maximum atomic E-state index is 12.8. The molecule has 3 heterocycles.